The molecule has 0 spiro atoms. The van der Waals surface area contributed by atoms with E-state index in [1.807, 2.05) is 6.92 Å². The van der Waals surface area contributed by atoms with Crippen molar-refractivity contribution in [2.45, 2.75) is 26.8 Å². The predicted octanol–water partition coefficient (Wildman–Crippen LogP) is 2.82. The van der Waals surface area contributed by atoms with Crippen LogP contribution in [0.15, 0.2) is 30.5 Å². The van der Waals surface area contributed by atoms with Gasteiger partial charge in [-0.05, 0) is 38.1 Å². The zero-order valence-electron chi connectivity index (χ0n) is 11.2. The van der Waals surface area contributed by atoms with Gasteiger partial charge in [0.2, 0.25) is 0 Å². The summed E-state index contributed by atoms with van der Waals surface area (Å²) in [6.07, 6.45) is 3.31. The molecule has 2 heteroatoms. The molecule has 0 bridgehead atoms. The Bertz CT molecular complexity index is 570. The number of likely N-dealkylation sites (N-methyl/N-ethyl adjacent to an activating group) is 1. The number of benzene rings is 1. The van der Waals surface area contributed by atoms with E-state index >= 15 is 0 Å². The second kappa shape index (κ2) is 6.28. The first kappa shape index (κ1) is 12.7. The molecular weight excluding hydrogens is 220 g/mol. The van der Waals surface area contributed by atoms with Crippen molar-refractivity contribution < 1.29 is 0 Å². The van der Waals surface area contributed by atoms with E-state index in [4.69, 9.17) is 0 Å². The summed E-state index contributed by atoms with van der Waals surface area (Å²) in [4.78, 5) is 0. The summed E-state index contributed by atoms with van der Waals surface area (Å²) in [5.41, 5.74) is 2.69. The highest BCUT2D eigenvalue weighted by Gasteiger charge is 2.06. The molecule has 2 rings (SSSR count). The van der Waals surface area contributed by atoms with Gasteiger partial charge >= 0.3 is 0 Å². The average molecular weight is 240 g/mol. The number of hydrogen-bond donors (Lipinski definition) is 1. The van der Waals surface area contributed by atoms with Gasteiger partial charge in [0.05, 0.1) is 6.54 Å². The third-order valence-corrected chi connectivity index (χ3v) is 3.12. The van der Waals surface area contributed by atoms with Crippen molar-refractivity contribution in [3.8, 4) is 11.8 Å². The highest BCUT2D eigenvalue weighted by molar-refractivity contribution is 5.84. The van der Waals surface area contributed by atoms with Crippen molar-refractivity contribution in [2.24, 2.45) is 0 Å². The van der Waals surface area contributed by atoms with E-state index in [9.17, 15) is 0 Å². The van der Waals surface area contributed by atoms with Gasteiger partial charge in [0.1, 0.15) is 0 Å². The lowest BCUT2D eigenvalue weighted by molar-refractivity contribution is 0.716. The summed E-state index contributed by atoms with van der Waals surface area (Å²) >= 11 is 0. The molecule has 1 aromatic heterocycles. The van der Waals surface area contributed by atoms with Crippen molar-refractivity contribution in [1.82, 2.24) is 9.88 Å². The summed E-state index contributed by atoms with van der Waals surface area (Å²) in [5.74, 6) is 6.09. The number of rotatable bonds is 5. The molecule has 1 aromatic carbocycles. The van der Waals surface area contributed by atoms with Crippen LogP contribution in [-0.4, -0.2) is 17.7 Å². The minimum atomic E-state index is 0.776. The predicted molar refractivity (Wildman–Crippen MR) is 77.6 cm³/mol. The van der Waals surface area contributed by atoms with Crippen molar-refractivity contribution >= 4 is 10.9 Å². The molecule has 0 unspecified atom stereocenters. The fourth-order valence-electron chi connectivity index (χ4n) is 2.22. The van der Waals surface area contributed by atoms with E-state index in [1.54, 1.807) is 0 Å². The smallest absolute Gasteiger partial charge is 0.0837 e. The molecule has 0 atom stereocenters. The molecule has 0 radical (unpaired) electrons. The van der Waals surface area contributed by atoms with E-state index in [1.165, 1.54) is 16.5 Å². The molecule has 0 amide bonds. The van der Waals surface area contributed by atoms with Crippen LogP contribution in [0.4, 0.5) is 0 Å². The molecule has 1 N–H and O–H groups in total. The van der Waals surface area contributed by atoms with Crippen LogP contribution in [0.3, 0.4) is 0 Å². The quantitative estimate of drug-likeness (QED) is 0.628. The van der Waals surface area contributed by atoms with Crippen molar-refractivity contribution in [2.75, 3.05) is 13.1 Å². The van der Waals surface area contributed by atoms with Crippen molar-refractivity contribution in [1.29, 1.82) is 0 Å². The van der Waals surface area contributed by atoms with Gasteiger partial charge < -0.3 is 9.88 Å². The molecule has 0 saturated heterocycles. The van der Waals surface area contributed by atoms with Crippen LogP contribution in [0.2, 0.25) is 0 Å². The molecular formula is C16H20N2. The molecule has 0 saturated carbocycles. The van der Waals surface area contributed by atoms with Crippen LogP contribution in [0.25, 0.3) is 10.9 Å². The lowest BCUT2D eigenvalue weighted by Gasteiger charge is -1.99. The van der Waals surface area contributed by atoms with E-state index in [0.717, 1.165) is 26.1 Å². The van der Waals surface area contributed by atoms with Crippen LogP contribution in [0.1, 0.15) is 19.4 Å². The zero-order chi connectivity index (χ0) is 12.8. The van der Waals surface area contributed by atoms with Gasteiger partial charge in [0.25, 0.3) is 0 Å². The van der Waals surface area contributed by atoms with Crippen LogP contribution in [-0.2, 0) is 13.0 Å². The maximum atomic E-state index is 3.38. The van der Waals surface area contributed by atoms with Gasteiger partial charge in [0, 0.05) is 17.1 Å². The molecule has 1 heterocycles. The largest absolute Gasteiger partial charge is 0.336 e. The van der Waals surface area contributed by atoms with Gasteiger partial charge in [0.15, 0.2) is 0 Å². The molecule has 18 heavy (non-hydrogen) atoms. The summed E-state index contributed by atoms with van der Waals surface area (Å²) in [6.45, 7) is 6.86. The van der Waals surface area contributed by atoms with Crippen LogP contribution >= 0.6 is 0 Å². The molecule has 0 fully saturated rings. The van der Waals surface area contributed by atoms with Gasteiger partial charge in [-0.2, -0.15) is 0 Å². The number of nitrogens with one attached hydrogen (secondary N) is 1. The van der Waals surface area contributed by atoms with Crippen molar-refractivity contribution in [3.05, 3.63) is 36.0 Å². The highest BCUT2D eigenvalue weighted by Crippen LogP contribution is 2.21. The molecule has 2 aromatic rings. The molecule has 0 aliphatic rings. The average Bonchev–Trinajstić information content (AvgIpc) is 2.76. The Hall–Kier alpha value is -1.72. The lowest BCUT2D eigenvalue weighted by atomic mass is 10.1. The SMILES string of the molecule is CC#CCn1cc(CCNCC)c2ccccc21. The summed E-state index contributed by atoms with van der Waals surface area (Å²) < 4.78 is 2.24. The number of aromatic nitrogens is 1. The fraction of sp³-hybridized carbons (Fsp3) is 0.375. The van der Waals surface area contributed by atoms with Crippen molar-refractivity contribution in [3.63, 3.8) is 0 Å². The third kappa shape index (κ3) is 2.75. The Labute approximate surface area is 109 Å². The lowest BCUT2D eigenvalue weighted by Crippen LogP contribution is -2.15. The Morgan fingerprint density at radius 3 is 2.89 bits per heavy atom. The maximum Gasteiger partial charge on any atom is 0.0837 e. The van der Waals surface area contributed by atoms with Crippen LogP contribution < -0.4 is 5.32 Å². The first-order valence-corrected chi connectivity index (χ1v) is 6.54. The first-order valence-electron chi connectivity index (χ1n) is 6.54. The van der Waals surface area contributed by atoms with Crippen LogP contribution in [0, 0.1) is 11.8 Å². The van der Waals surface area contributed by atoms with E-state index in [2.05, 4.69) is 59.1 Å². The Balaban J connectivity index is 2.30. The molecule has 2 nitrogen and oxygen atoms in total. The third-order valence-electron chi connectivity index (χ3n) is 3.12. The summed E-state index contributed by atoms with van der Waals surface area (Å²) in [7, 11) is 0. The Kier molecular flexibility index (Phi) is 4.44. The van der Waals surface area contributed by atoms with Gasteiger partial charge in [-0.1, -0.05) is 31.0 Å². The normalized spacial score (nSPS) is 10.3. The Morgan fingerprint density at radius 1 is 1.28 bits per heavy atom. The van der Waals surface area contributed by atoms with E-state index < -0.39 is 0 Å². The second-order valence-corrected chi connectivity index (χ2v) is 4.33. The number of para-hydroxylation sites is 1. The molecule has 0 aliphatic carbocycles. The van der Waals surface area contributed by atoms with Gasteiger partial charge in [-0.3, -0.25) is 0 Å². The molecule has 94 valence electrons. The molecule has 0 aliphatic heterocycles. The second-order valence-electron chi connectivity index (χ2n) is 4.33. The zero-order valence-corrected chi connectivity index (χ0v) is 11.2. The number of fused-ring (bicyclic) bond motifs is 1. The van der Waals surface area contributed by atoms with Gasteiger partial charge in [-0.25, -0.2) is 0 Å². The van der Waals surface area contributed by atoms with E-state index in [-0.39, 0.29) is 0 Å². The van der Waals surface area contributed by atoms with Crippen LogP contribution in [0.5, 0.6) is 0 Å². The number of nitrogens with zero attached hydrogens (tertiary/aromatic N) is 1. The minimum Gasteiger partial charge on any atom is -0.336 e. The van der Waals surface area contributed by atoms with Gasteiger partial charge in [-0.15, -0.1) is 5.92 Å². The highest BCUT2D eigenvalue weighted by atomic mass is 14.9. The first-order chi connectivity index (χ1) is 8.86. The fourth-order valence-corrected chi connectivity index (χ4v) is 2.22. The topological polar surface area (TPSA) is 17.0 Å². The number of hydrogen-bond acceptors (Lipinski definition) is 1. The minimum absolute atomic E-state index is 0.776. The maximum absolute atomic E-state index is 3.38. The van der Waals surface area contributed by atoms with E-state index in [0.29, 0.717) is 0 Å². The standard InChI is InChI=1S/C16H20N2/c1-3-5-12-18-13-14(10-11-17-4-2)15-8-6-7-9-16(15)18/h6-9,13,17H,4,10-12H2,1-2H3. The summed E-state index contributed by atoms with van der Waals surface area (Å²) in [6, 6.07) is 8.57. The monoisotopic (exact) mass is 240 g/mol. The summed E-state index contributed by atoms with van der Waals surface area (Å²) in [5, 5.41) is 4.73. The Morgan fingerprint density at radius 2 is 2.11 bits per heavy atom.